The molecule has 2 rings (SSSR count). The average molecular weight is 241 g/mol. The number of rotatable bonds is 3. The minimum atomic E-state index is -0.981. The van der Waals surface area contributed by atoms with E-state index in [0.717, 1.165) is 11.3 Å². The second-order valence-corrected chi connectivity index (χ2v) is 15.2. The number of hydrogen-bond donors (Lipinski definition) is 0. The zero-order valence-corrected chi connectivity index (χ0v) is 12.1. The van der Waals surface area contributed by atoms with Crippen LogP contribution < -0.4 is 0 Å². The maximum atomic E-state index is 4.93. The van der Waals surface area contributed by atoms with Crippen LogP contribution in [0.2, 0.25) is 19.6 Å². The van der Waals surface area contributed by atoms with Gasteiger partial charge in [-0.05, 0) is 32.1 Å². The van der Waals surface area contributed by atoms with Crippen LogP contribution in [0.25, 0.3) is 0 Å². The van der Waals surface area contributed by atoms with E-state index in [1.54, 1.807) is 5.71 Å². The van der Waals surface area contributed by atoms with Crippen molar-refractivity contribution in [3.63, 3.8) is 0 Å². The van der Waals surface area contributed by atoms with Gasteiger partial charge in [-0.2, -0.15) is 11.2 Å². The smallest absolute Gasteiger partial charge is 0.109 e. The van der Waals surface area contributed by atoms with Gasteiger partial charge in [0.05, 0.1) is 6.04 Å². The van der Waals surface area contributed by atoms with E-state index in [9.17, 15) is 0 Å². The summed E-state index contributed by atoms with van der Waals surface area (Å²) >= 11 is 2.26. The highest BCUT2D eigenvalue weighted by Gasteiger charge is 2.29. The average Bonchev–Trinajstić information content (AvgIpc) is 2.89. The van der Waals surface area contributed by atoms with Gasteiger partial charge < -0.3 is 0 Å². The Morgan fingerprint density at radius 1 is 1.13 bits per heavy atom. The van der Waals surface area contributed by atoms with Gasteiger partial charge in [0.1, 0.15) is 7.22 Å². The van der Waals surface area contributed by atoms with Crippen molar-refractivity contribution in [3.05, 3.63) is 0 Å². The first kappa shape index (κ1) is 11.7. The summed E-state index contributed by atoms with van der Waals surface area (Å²) in [5.41, 5.74) is 1.57. The molecule has 0 amide bonds. The first-order chi connectivity index (χ1) is 7.04. The molecule has 0 aliphatic heterocycles. The summed E-state index contributed by atoms with van der Waals surface area (Å²) in [6.45, 7) is 7.38. The van der Waals surface area contributed by atoms with Crippen molar-refractivity contribution in [3.8, 4) is 0 Å². The summed E-state index contributed by atoms with van der Waals surface area (Å²) in [7, 11) is -0.981. The van der Waals surface area contributed by atoms with Crippen LogP contribution in [-0.2, 0) is 0 Å². The third-order valence-corrected chi connectivity index (χ3v) is 7.39. The van der Waals surface area contributed by atoms with Gasteiger partial charge in [0.25, 0.3) is 0 Å². The van der Waals surface area contributed by atoms with Crippen molar-refractivity contribution in [2.24, 2.45) is 4.99 Å². The molecular formula is C12H23NSSi. The van der Waals surface area contributed by atoms with Crippen LogP contribution in [0.5, 0.6) is 0 Å². The van der Waals surface area contributed by atoms with Crippen LogP contribution in [0, 0.1) is 0 Å². The quantitative estimate of drug-likeness (QED) is 0.678. The van der Waals surface area contributed by atoms with E-state index in [1.807, 2.05) is 0 Å². The van der Waals surface area contributed by atoms with Gasteiger partial charge in [0.15, 0.2) is 0 Å². The lowest BCUT2D eigenvalue weighted by Crippen LogP contribution is -2.29. The lowest BCUT2D eigenvalue weighted by Gasteiger charge is -2.29. The lowest BCUT2D eigenvalue weighted by molar-refractivity contribution is 0.672. The summed E-state index contributed by atoms with van der Waals surface area (Å²) in [6, 6.07) is 0.725. The molecule has 0 heterocycles. The van der Waals surface area contributed by atoms with E-state index in [4.69, 9.17) is 4.99 Å². The highest BCUT2D eigenvalue weighted by atomic mass is 32.4. The lowest BCUT2D eigenvalue weighted by atomic mass is 9.98. The molecule has 3 heteroatoms. The molecule has 15 heavy (non-hydrogen) atoms. The SMILES string of the molecule is C[Si](C)(C)SC1CCCCC1=NC1CC1. The first-order valence-corrected chi connectivity index (χ1v) is 11.4. The molecule has 86 valence electrons. The second-order valence-electron chi connectivity index (χ2n) is 5.82. The van der Waals surface area contributed by atoms with Gasteiger partial charge in [-0.25, -0.2) is 0 Å². The molecule has 1 unspecified atom stereocenters. The molecule has 0 aromatic rings. The van der Waals surface area contributed by atoms with Gasteiger partial charge >= 0.3 is 0 Å². The van der Waals surface area contributed by atoms with E-state index in [1.165, 1.54) is 38.5 Å². The molecule has 2 aliphatic carbocycles. The van der Waals surface area contributed by atoms with Crippen LogP contribution in [0.3, 0.4) is 0 Å². The summed E-state index contributed by atoms with van der Waals surface area (Å²) in [6.07, 6.45) is 8.20. The Hall–Kier alpha value is 0.237. The van der Waals surface area contributed by atoms with E-state index in [0.29, 0.717) is 0 Å². The Labute approximate surface area is 98.8 Å². The Morgan fingerprint density at radius 2 is 1.87 bits per heavy atom. The molecule has 2 saturated carbocycles. The standard InChI is InChI=1S/C12H23NSSi/c1-15(2,3)14-12-7-5-4-6-11(12)13-10-8-9-10/h10,12H,4-9H2,1-3H3. The van der Waals surface area contributed by atoms with Crippen LogP contribution in [0.15, 0.2) is 4.99 Å². The third-order valence-electron chi connectivity index (χ3n) is 2.91. The summed E-state index contributed by atoms with van der Waals surface area (Å²) in [5.74, 6) is 0. The van der Waals surface area contributed by atoms with Crippen LogP contribution >= 0.6 is 11.2 Å². The molecule has 0 N–H and O–H groups in total. The van der Waals surface area contributed by atoms with Gasteiger partial charge in [0.2, 0.25) is 0 Å². The molecule has 2 fully saturated rings. The summed E-state index contributed by atoms with van der Waals surface area (Å²) in [5, 5.41) is 0.783. The Bertz CT molecular complexity index is 253. The first-order valence-electron chi connectivity index (χ1n) is 6.29. The van der Waals surface area contributed by atoms with Gasteiger partial charge in [-0.3, -0.25) is 4.99 Å². The monoisotopic (exact) mass is 241 g/mol. The van der Waals surface area contributed by atoms with Crippen molar-refractivity contribution < 1.29 is 0 Å². The topological polar surface area (TPSA) is 12.4 Å². The second kappa shape index (κ2) is 4.62. The van der Waals surface area contributed by atoms with Crippen molar-refractivity contribution in [2.75, 3.05) is 0 Å². The predicted octanol–water partition coefficient (Wildman–Crippen LogP) is 4.10. The molecule has 2 aliphatic rings. The fourth-order valence-electron chi connectivity index (χ4n) is 2.10. The molecule has 1 nitrogen and oxygen atoms in total. The van der Waals surface area contributed by atoms with Crippen LogP contribution in [0.1, 0.15) is 38.5 Å². The molecule has 0 radical (unpaired) electrons. The van der Waals surface area contributed by atoms with E-state index in [-0.39, 0.29) is 0 Å². The molecule has 0 aromatic carbocycles. The van der Waals surface area contributed by atoms with Gasteiger partial charge in [-0.15, -0.1) is 0 Å². The molecule has 1 atom stereocenters. The van der Waals surface area contributed by atoms with Crippen molar-refractivity contribution in [2.45, 2.75) is 69.5 Å². The van der Waals surface area contributed by atoms with Crippen molar-refractivity contribution in [1.82, 2.24) is 0 Å². The highest BCUT2D eigenvalue weighted by Crippen LogP contribution is 2.35. The van der Waals surface area contributed by atoms with E-state index < -0.39 is 7.22 Å². The molecule has 0 bridgehead atoms. The maximum absolute atomic E-state index is 4.93. The Morgan fingerprint density at radius 3 is 2.47 bits per heavy atom. The zero-order chi connectivity index (χ0) is 10.9. The molecule has 0 saturated heterocycles. The minimum absolute atomic E-state index is 0.725. The number of nitrogens with zero attached hydrogens (tertiary/aromatic N) is 1. The molecule has 0 spiro atoms. The summed E-state index contributed by atoms with van der Waals surface area (Å²) in [4.78, 5) is 4.93. The zero-order valence-electron chi connectivity index (χ0n) is 10.3. The molecular weight excluding hydrogens is 218 g/mol. The van der Waals surface area contributed by atoms with Crippen molar-refractivity contribution in [1.29, 1.82) is 0 Å². The van der Waals surface area contributed by atoms with Crippen LogP contribution in [-0.4, -0.2) is 24.2 Å². The minimum Gasteiger partial charge on any atom is -0.290 e. The molecule has 0 aromatic heterocycles. The maximum Gasteiger partial charge on any atom is 0.109 e. The number of aliphatic imine (C=N–C) groups is 1. The van der Waals surface area contributed by atoms with Crippen molar-refractivity contribution >= 4 is 24.1 Å². The highest BCUT2D eigenvalue weighted by molar-refractivity contribution is 8.29. The third kappa shape index (κ3) is 3.95. The van der Waals surface area contributed by atoms with Gasteiger partial charge in [0, 0.05) is 11.0 Å². The predicted molar refractivity (Wildman–Crippen MR) is 73.7 cm³/mol. The number of hydrogen-bond acceptors (Lipinski definition) is 2. The van der Waals surface area contributed by atoms with Crippen LogP contribution in [0.4, 0.5) is 0 Å². The van der Waals surface area contributed by atoms with E-state index in [2.05, 4.69) is 30.9 Å². The normalized spacial score (nSPS) is 30.9. The Balaban J connectivity index is 1.99. The fraction of sp³-hybridized carbons (Fsp3) is 0.917. The van der Waals surface area contributed by atoms with E-state index >= 15 is 0 Å². The summed E-state index contributed by atoms with van der Waals surface area (Å²) < 4.78 is 0. The Kier molecular flexibility index (Phi) is 3.61. The fourth-order valence-corrected chi connectivity index (χ4v) is 6.88. The largest absolute Gasteiger partial charge is 0.290 e. The van der Waals surface area contributed by atoms with Gasteiger partial charge in [-0.1, -0.05) is 26.1 Å².